The number of hydrogen-bond acceptors (Lipinski definition) is 5. The highest BCUT2D eigenvalue weighted by atomic mass is 32.2. The maximum Gasteiger partial charge on any atom is 0.233 e. The molecule has 1 aliphatic carbocycles. The molecule has 0 aliphatic heterocycles. The van der Waals surface area contributed by atoms with Crippen molar-refractivity contribution in [3.8, 4) is 11.4 Å². The Hall–Kier alpha value is -2.02. The Bertz CT molecular complexity index is 741. The minimum Gasteiger partial charge on any atom is -0.495 e. The molecule has 0 unspecified atom stereocenters. The second kappa shape index (κ2) is 8.58. The van der Waals surface area contributed by atoms with Gasteiger partial charge in [0.25, 0.3) is 0 Å². The predicted octanol–water partition coefficient (Wildman–Crippen LogP) is 3.41. The number of aromatic nitrogens is 3. The number of benzene rings is 1. The molecule has 1 aromatic heterocycles. The molecule has 1 amide bonds. The average molecular weight is 375 g/mol. The third-order valence-corrected chi connectivity index (χ3v) is 6.04. The molecule has 6 nitrogen and oxygen atoms in total. The molecule has 0 atom stereocenters. The number of methoxy groups -OCH3 is 1. The second-order valence-electron chi connectivity index (χ2n) is 6.86. The summed E-state index contributed by atoms with van der Waals surface area (Å²) in [6, 6.07) is 8.07. The van der Waals surface area contributed by atoms with Gasteiger partial charge in [-0.15, -0.1) is 10.2 Å². The summed E-state index contributed by atoms with van der Waals surface area (Å²) in [7, 11) is 3.56. The summed E-state index contributed by atoms with van der Waals surface area (Å²) in [5.74, 6) is 2.03. The molecule has 0 radical (unpaired) electrons. The van der Waals surface area contributed by atoms with E-state index in [0.29, 0.717) is 17.0 Å². The third kappa shape index (κ3) is 4.20. The first-order chi connectivity index (χ1) is 12.6. The van der Waals surface area contributed by atoms with E-state index in [2.05, 4.69) is 17.1 Å². The van der Waals surface area contributed by atoms with Crippen LogP contribution in [-0.4, -0.2) is 51.5 Å². The van der Waals surface area contributed by atoms with E-state index in [9.17, 15) is 4.79 Å². The van der Waals surface area contributed by atoms with Crippen LogP contribution in [-0.2, 0) is 4.79 Å². The van der Waals surface area contributed by atoms with Crippen molar-refractivity contribution in [1.29, 1.82) is 0 Å². The molecular formula is C19H26N4O2S. The lowest BCUT2D eigenvalue weighted by molar-refractivity contribution is -0.129. The van der Waals surface area contributed by atoms with E-state index in [1.807, 2.05) is 40.8 Å². The van der Waals surface area contributed by atoms with Gasteiger partial charge in [-0.3, -0.25) is 9.36 Å². The molecule has 1 fully saturated rings. The van der Waals surface area contributed by atoms with Gasteiger partial charge in [0.15, 0.2) is 5.16 Å². The fourth-order valence-electron chi connectivity index (χ4n) is 3.38. The van der Waals surface area contributed by atoms with E-state index in [1.54, 1.807) is 13.4 Å². The van der Waals surface area contributed by atoms with Crippen LogP contribution in [0.5, 0.6) is 5.75 Å². The van der Waals surface area contributed by atoms with Crippen molar-refractivity contribution in [1.82, 2.24) is 19.7 Å². The van der Waals surface area contributed by atoms with Crippen molar-refractivity contribution in [3.63, 3.8) is 0 Å². The van der Waals surface area contributed by atoms with Crippen LogP contribution in [0.2, 0.25) is 0 Å². The second-order valence-corrected chi connectivity index (χ2v) is 7.80. The van der Waals surface area contributed by atoms with Crippen LogP contribution in [0.15, 0.2) is 35.7 Å². The fourth-order valence-corrected chi connectivity index (χ4v) is 4.22. The monoisotopic (exact) mass is 374 g/mol. The van der Waals surface area contributed by atoms with Crippen molar-refractivity contribution in [3.05, 3.63) is 30.6 Å². The van der Waals surface area contributed by atoms with Gasteiger partial charge >= 0.3 is 0 Å². The van der Waals surface area contributed by atoms with Crippen molar-refractivity contribution < 1.29 is 9.53 Å². The van der Waals surface area contributed by atoms with Crippen LogP contribution in [0.3, 0.4) is 0 Å². The topological polar surface area (TPSA) is 60.2 Å². The molecule has 26 heavy (non-hydrogen) atoms. The molecule has 0 bridgehead atoms. The van der Waals surface area contributed by atoms with E-state index in [1.165, 1.54) is 24.6 Å². The van der Waals surface area contributed by atoms with Crippen LogP contribution in [0.1, 0.15) is 32.6 Å². The zero-order chi connectivity index (χ0) is 18.5. The average Bonchev–Trinajstić information content (AvgIpc) is 3.14. The summed E-state index contributed by atoms with van der Waals surface area (Å²) in [5.41, 5.74) is 0.865. The minimum absolute atomic E-state index is 0.143. The van der Waals surface area contributed by atoms with Gasteiger partial charge in [0.1, 0.15) is 12.1 Å². The summed E-state index contributed by atoms with van der Waals surface area (Å²) >= 11 is 1.41. The number of rotatable bonds is 6. The van der Waals surface area contributed by atoms with E-state index >= 15 is 0 Å². The Kier molecular flexibility index (Phi) is 6.19. The Morgan fingerprint density at radius 1 is 1.31 bits per heavy atom. The number of thioether (sulfide) groups is 1. The number of amides is 1. The number of carbonyl (C=O) groups excluding carboxylic acids is 1. The summed E-state index contributed by atoms with van der Waals surface area (Å²) < 4.78 is 7.28. The van der Waals surface area contributed by atoms with E-state index in [-0.39, 0.29) is 5.91 Å². The molecule has 7 heteroatoms. The van der Waals surface area contributed by atoms with Crippen molar-refractivity contribution >= 4 is 17.7 Å². The summed E-state index contributed by atoms with van der Waals surface area (Å²) in [6.07, 6.45) is 6.27. The first-order valence-electron chi connectivity index (χ1n) is 9.02. The van der Waals surface area contributed by atoms with Gasteiger partial charge in [0.2, 0.25) is 5.91 Å². The first-order valence-corrected chi connectivity index (χ1v) is 10.0. The lowest BCUT2D eigenvalue weighted by Gasteiger charge is -2.33. The van der Waals surface area contributed by atoms with Gasteiger partial charge in [-0.1, -0.05) is 30.8 Å². The minimum atomic E-state index is 0.143. The molecule has 0 N–H and O–H groups in total. The van der Waals surface area contributed by atoms with Gasteiger partial charge in [0, 0.05) is 13.1 Å². The SMILES string of the molecule is COc1ccccc1-n1cnnc1SCC(=O)N(C)C1CCC(C)CC1. The Labute approximate surface area is 158 Å². The first kappa shape index (κ1) is 18.8. The largest absolute Gasteiger partial charge is 0.495 e. The molecule has 1 aliphatic rings. The molecule has 0 spiro atoms. The van der Waals surface area contributed by atoms with Crippen LogP contribution < -0.4 is 4.74 Å². The number of hydrogen-bond donors (Lipinski definition) is 0. The van der Waals surface area contributed by atoms with Gasteiger partial charge in [-0.2, -0.15) is 0 Å². The Balaban J connectivity index is 1.64. The molecular weight excluding hydrogens is 348 g/mol. The van der Waals surface area contributed by atoms with E-state index < -0.39 is 0 Å². The van der Waals surface area contributed by atoms with Crippen LogP contribution >= 0.6 is 11.8 Å². The predicted molar refractivity (Wildman–Crippen MR) is 103 cm³/mol. The van der Waals surface area contributed by atoms with Gasteiger partial charge in [-0.05, 0) is 43.7 Å². The molecule has 1 aromatic carbocycles. The lowest BCUT2D eigenvalue weighted by atomic mass is 9.87. The van der Waals surface area contributed by atoms with Crippen LogP contribution in [0, 0.1) is 5.92 Å². The van der Waals surface area contributed by atoms with Gasteiger partial charge in [0.05, 0.1) is 18.6 Å². The maximum atomic E-state index is 12.6. The lowest BCUT2D eigenvalue weighted by Crippen LogP contribution is -2.40. The number of para-hydroxylation sites is 2. The molecule has 1 heterocycles. The molecule has 3 rings (SSSR count). The quantitative estimate of drug-likeness (QED) is 0.725. The number of ether oxygens (including phenoxy) is 1. The highest BCUT2D eigenvalue weighted by Gasteiger charge is 2.25. The summed E-state index contributed by atoms with van der Waals surface area (Å²) in [6.45, 7) is 2.29. The molecule has 1 saturated carbocycles. The van der Waals surface area contributed by atoms with E-state index in [4.69, 9.17) is 4.74 Å². The molecule has 0 saturated heterocycles. The highest BCUT2D eigenvalue weighted by Crippen LogP contribution is 2.29. The zero-order valence-electron chi connectivity index (χ0n) is 15.6. The van der Waals surface area contributed by atoms with E-state index in [0.717, 1.165) is 30.2 Å². The maximum absolute atomic E-state index is 12.6. The van der Waals surface area contributed by atoms with Crippen molar-refractivity contribution in [2.45, 2.75) is 43.8 Å². The Morgan fingerprint density at radius 2 is 2.04 bits per heavy atom. The normalized spacial score (nSPS) is 20.0. The summed E-state index contributed by atoms with van der Waals surface area (Å²) in [4.78, 5) is 14.5. The van der Waals surface area contributed by atoms with Gasteiger partial charge in [-0.25, -0.2) is 0 Å². The smallest absolute Gasteiger partial charge is 0.233 e. The van der Waals surface area contributed by atoms with Crippen LogP contribution in [0.25, 0.3) is 5.69 Å². The van der Waals surface area contributed by atoms with Crippen LogP contribution in [0.4, 0.5) is 0 Å². The highest BCUT2D eigenvalue weighted by molar-refractivity contribution is 7.99. The Morgan fingerprint density at radius 3 is 2.77 bits per heavy atom. The molecule has 2 aromatic rings. The third-order valence-electron chi connectivity index (χ3n) is 5.11. The fraction of sp³-hybridized carbons (Fsp3) is 0.526. The molecule has 140 valence electrons. The van der Waals surface area contributed by atoms with Crippen molar-refractivity contribution in [2.24, 2.45) is 5.92 Å². The van der Waals surface area contributed by atoms with Crippen molar-refractivity contribution in [2.75, 3.05) is 19.9 Å². The number of nitrogens with zero attached hydrogens (tertiary/aromatic N) is 4. The zero-order valence-corrected chi connectivity index (χ0v) is 16.4. The summed E-state index contributed by atoms with van der Waals surface area (Å²) in [5, 5.41) is 8.87. The van der Waals surface area contributed by atoms with Gasteiger partial charge < -0.3 is 9.64 Å². The standard InChI is InChI=1S/C19H26N4O2S/c1-14-8-10-15(11-9-14)22(2)18(24)12-26-19-21-20-13-23(19)16-6-4-5-7-17(16)25-3/h4-7,13-15H,8-12H2,1-3H3. The number of carbonyl (C=O) groups is 1.